The van der Waals surface area contributed by atoms with E-state index in [4.69, 9.17) is 0 Å². The Bertz CT molecular complexity index is 1130. The number of alkyl halides is 3. The maximum Gasteiger partial charge on any atom is 0.416 e. The van der Waals surface area contributed by atoms with Gasteiger partial charge in [0.15, 0.2) is 0 Å². The molecule has 0 aliphatic heterocycles. The highest BCUT2D eigenvalue weighted by Crippen LogP contribution is 2.29. The van der Waals surface area contributed by atoms with Gasteiger partial charge in [-0.3, -0.25) is 0 Å². The first-order valence-electron chi connectivity index (χ1n) is 9.17. The van der Waals surface area contributed by atoms with Crippen molar-refractivity contribution < 1.29 is 13.2 Å². The predicted molar refractivity (Wildman–Crippen MR) is 107 cm³/mol. The number of fused-ring (bicyclic) bond motifs is 1. The van der Waals surface area contributed by atoms with Crippen LogP contribution < -0.4 is 5.32 Å². The first-order chi connectivity index (χ1) is 13.9. The molecule has 29 heavy (non-hydrogen) atoms. The second-order valence-corrected chi connectivity index (χ2v) is 6.88. The van der Waals surface area contributed by atoms with Crippen LogP contribution in [0.25, 0.3) is 11.0 Å². The van der Waals surface area contributed by atoms with E-state index in [1.165, 1.54) is 12.1 Å². The number of H-pyrrole nitrogens is 1. The molecule has 1 aromatic carbocycles. The SMILES string of the molecule is Cc1nc(NCc2ccc(C(F)(F)F)cc2)ccc1Cc1c[nH]c2ncccc12. The Kier molecular flexibility index (Phi) is 4.96. The molecule has 2 N–H and O–H groups in total. The molecule has 4 nitrogen and oxygen atoms in total. The van der Waals surface area contributed by atoms with Crippen molar-refractivity contribution in [3.05, 3.63) is 88.9 Å². The van der Waals surface area contributed by atoms with E-state index in [9.17, 15) is 13.2 Å². The van der Waals surface area contributed by atoms with Crippen molar-refractivity contribution in [1.82, 2.24) is 15.0 Å². The molecule has 3 heterocycles. The average molecular weight is 396 g/mol. The fraction of sp³-hybridized carbons (Fsp3) is 0.182. The van der Waals surface area contributed by atoms with E-state index in [0.717, 1.165) is 52.0 Å². The van der Waals surface area contributed by atoms with Crippen LogP contribution in [0.3, 0.4) is 0 Å². The fourth-order valence-corrected chi connectivity index (χ4v) is 3.24. The Labute approximate surface area is 165 Å². The third kappa shape index (κ3) is 4.23. The van der Waals surface area contributed by atoms with Crippen LogP contribution >= 0.6 is 0 Å². The lowest BCUT2D eigenvalue weighted by Gasteiger charge is -2.11. The van der Waals surface area contributed by atoms with Gasteiger partial charge in [-0.25, -0.2) is 9.97 Å². The van der Waals surface area contributed by atoms with E-state index in [2.05, 4.69) is 20.3 Å². The normalized spacial score (nSPS) is 11.7. The molecule has 4 rings (SSSR count). The summed E-state index contributed by atoms with van der Waals surface area (Å²) in [5.74, 6) is 0.687. The van der Waals surface area contributed by atoms with Crippen molar-refractivity contribution >= 4 is 16.9 Å². The van der Waals surface area contributed by atoms with Gasteiger partial charge in [-0.2, -0.15) is 13.2 Å². The number of benzene rings is 1. The third-order valence-electron chi connectivity index (χ3n) is 4.87. The summed E-state index contributed by atoms with van der Waals surface area (Å²) in [7, 11) is 0. The molecule has 0 aliphatic carbocycles. The monoisotopic (exact) mass is 396 g/mol. The highest BCUT2D eigenvalue weighted by Gasteiger charge is 2.29. The number of anilines is 1. The first-order valence-corrected chi connectivity index (χ1v) is 9.17. The lowest BCUT2D eigenvalue weighted by molar-refractivity contribution is -0.137. The zero-order valence-electron chi connectivity index (χ0n) is 15.7. The van der Waals surface area contributed by atoms with Crippen molar-refractivity contribution in [3.63, 3.8) is 0 Å². The topological polar surface area (TPSA) is 53.6 Å². The molecule has 0 unspecified atom stereocenters. The number of nitrogens with one attached hydrogen (secondary N) is 2. The number of halogens is 3. The predicted octanol–water partition coefficient (Wildman–Crippen LogP) is 5.49. The molecule has 0 aliphatic rings. The second-order valence-electron chi connectivity index (χ2n) is 6.88. The van der Waals surface area contributed by atoms with E-state index in [1.807, 2.05) is 37.4 Å². The van der Waals surface area contributed by atoms with Crippen LogP contribution in [-0.4, -0.2) is 15.0 Å². The maximum atomic E-state index is 12.6. The molecule has 148 valence electrons. The van der Waals surface area contributed by atoms with Gasteiger partial charge in [-0.1, -0.05) is 18.2 Å². The molecule has 0 bridgehead atoms. The summed E-state index contributed by atoms with van der Waals surface area (Å²) in [6, 6.07) is 13.0. The lowest BCUT2D eigenvalue weighted by atomic mass is 10.0. The zero-order valence-corrected chi connectivity index (χ0v) is 15.7. The van der Waals surface area contributed by atoms with Gasteiger partial charge in [-0.15, -0.1) is 0 Å². The number of hydrogen-bond acceptors (Lipinski definition) is 3. The number of aryl methyl sites for hydroxylation is 1. The van der Waals surface area contributed by atoms with Crippen LogP contribution in [-0.2, 0) is 19.1 Å². The van der Waals surface area contributed by atoms with Gasteiger partial charge in [0.2, 0.25) is 0 Å². The summed E-state index contributed by atoms with van der Waals surface area (Å²) >= 11 is 0. The van der Waals surface area contributed by atoms with E-state index < -0.39 is 11.7 Å². The maximum absolute atomic E-state index is 12.6. The van der Waals surface area contributed by atoms with Gasteiger partial charge in [0.25, 0.3) is 0 Å². The van der Waals surface area contributed by atoms with Crippen LogP contribution in [0.4, 0.5) is 19.0 Å². The summed E-state index contributed by atoms with van der Waals surface area (Å²) in [5, 5.41) is 4.26. The van der Waals surface area contributed by atoms with Gasteiger partial charge < -0.3 is 10.3 Å². The van der Waals surface area contributed by atoms with Gasteiger partial charge in [0.1, 0.15) is 11.5 Å². The van der Waals surface area contributed by atoms with Crippen molar-refractivity contribution in [3.8, 4) is 0 Å². The standard InChI is InChI=1S/C22H19F3N4/c1-14-16(11-17-13-28-21-19(17)3-2-10-26-21)6-9-20(29-14)27-12-15-4-7-18(8-5-15)22(23,24)25/h2-10,13H,11-12H2,1H3,(H,26,28)(H,27,29). The van der Waals surface area contributed by atoms with Crippen LogP contribution in [0.2, 0.25) is 0 Å². The quantitative estimate of drug-likeness (QED) is 0.469. The number of aromatic amines is 1. The molecule has 0 radical (unpaired) electrons. The molecule has 0 spiro atoms. The van der Waals surface area contributed by atoms with E-state index in [0.29, 0.717) is 12.4 Å². The molecule has 0 amide bonds. The summed E-state index contributed by atoms with van der Waals surface area (Å²) < 4.78 is 37.9. The Balaban J connectivity index is 1.43. The molecule has 0 saturated heterocycles. The smallest absolute Gasteiger partial charge is 0.366 e. The number of rotatable bonds is 5. The van der Waals surface area contributed by atoms with Gasteiger partial charge in [-0.05, 0) is 53.9 Å². The Hall–Kier alpha value is -3.35. The lowest BCUT2D eigenvalue weighted by Crippen LogP contribution is -2.06. The van der Waals surface area contributed by atoms with Crippen LogP contribution in [0.5, 0.6) is 0 Å². The number of aromatic nitrogens is 3. The summed E-state index contributed by atoms with van der Waals surface area (Å²) in [6.45, 7) is 2.35. The number of hydrogen-bond donors (Lipinski definition) is 2. The van der Waals surface area contributed by atoms with Crippen LogP contribution in [0, 0.1) is 6.92 Å². The second kappa shape index (κ2) is 7.58. The molecular formula is C22H19F3N4. The number of nitrogens with zero attached hydrogens (tertiary/aromatic N) is 2. The molecule has 0 fully saturated rings. The average Bonchev–Trinajstić information content (AvgIpc) is 3.11. The molecule has 0 saturated carbocycles. The highest BCUT2D eigenvalue weighted by molar-refractivity contribution is 5.79. The minimum absolute atomic E-state index is 0.401. The first kappa shape index (κ1) is 19.0. The van der Waals surface area contributed by atoms with Gasteiger partial charge in [0.05, 0.1) is 5.56 Å². The van der Waals surface area contributed by atoms with Crippen LogP contribution in [0.1, 0.15) is 27.9 Å². The zero-order chi connectivity index (χ0) is 20.4. The third-order valence-corrected chi connectivity index (χ3v) is 4.87. The Morgan fingerprint density at radius 1 is 1.00 bits per heavy atom. The minimum atomic E-state index is -4.32. The Morgan fingerprint density at radius 2 is 1.79 bits per heavy atom. The van der Waals surface area contributed by atoms with Crippen molar-refractivity contribution in [2.45, 2.75) is 26.1 Å². The molecular weight excluding hydrogens is 377 g/mol. The summed E-state index contributed by atoms with van der Waals surface area (Å²) in [4.78, 5) is 12.1. The molecule has 0 atom stereocenters. The van der Waals surface area contributed by atoms with Crippen molar-refractivity contribution in [1.29, 1.82) is 0 Å². The van der Waals surface area contributed by atoms with Crippen molar-refractivity contribution in [2.24, 2.45) is 0 Å². The van der Waals surface area contributed by atoms with Crippen molar-refractivity contribution in [2.75, 3.05) is 5.32 Å². The van der Waals surface area contributed by atoms with Gasteiger partial charge in [0, 0.05) is 36.4 Å². The molecule has 3 aromatic heterocycles. The highest BCUT2D eigenvalue weighted by atomic mass is 19.4. The number of pyridine rings is 2. The largest absolute Gasteiger partial charge is 0.416 e. The summed E-state index contributed by atoms with van der Waals surface area (Å²) in [6.07, 6.45) is 0.144. The Morgan fingerprint density at radius 3 is 2.52 bits per heavy atom. The molecule has 4 aromatic rings. The van der Waals surface area contributed by atoms with E-state index in [-0.39, 0.29) is 0 Å². The summed E-state index contributed by atoms with van der Waals surface area (Å²) in [5.41, 5.74) is 4.14. The minimum Gasteiger partial charge on any atom is -0.366 e. The van der Waals surface area contributed by atoms with E-state index in [1.54, 1.807) is 6.20 Å². The van der Waals surface area contributed by atoms with Crippen LogP contribution in [0.15, 0.2) is 60.9 Å². The fourth-order valence-electron chi connectivity index (χ4n) is 3.24. The van der Waals surface area contributed by atoms with E-state index >= 15 is 0 Å². The van der Waals surface area contributed by atoms with Gasteiger partial charge >= 0.3 is 6.18 Å². The molecule has 7 heteroatoms.